The van der Waals surface area contributed by atoms with Crippen LogP contribution in [0.1, 0.15) is 24.2 Å². The van der Waals surface area contributed by atoms with E-state index in [4.69, 9.17) is 4.74 Å². The summed E-state index contributed by atoms with van der Waals surface area (Å²) in [6.07, 6.45) is 1.59. The number of nitrogens with one attached hydrogen (secondary N) is 1. The maximum absolute atomic E-state index is 12.8. The van der Waals surface area contributed by atoms with Crippen molar-refractivity contribution in [2.45, 2.75) is 13.8 Å². The van der Waals surface area contributed by atoms with Gasteiger partial charge in [-0.2, -0.15) is 0 Å². The summed E-state index contributed by atoms with van der Waals surface area (Å²) in [5.74, 6) is 1.21. The first-order valence-corrected chi connectivity index (χ1v) is 10.6. The number of carbonyl (C=O) groups is 1. The molecule has 3 rings (SSSR count). The van der Waals surface area contributed by atoms with Crippen LogP contribution in [0.3, 0.4) is 0 Å². The van der Waals surface area contributed by atoms with Crippen molar-refractivity contribution < 1.29 is 9.53 Å². The van der Waals surface area contributed by atoms with E-state index < -0.39 is 0 Å². The standard InChI is InChI=1S/C25H30N4O2/c1-4-29(5-2)17-18-31-23-14-10-9-13-22(23)27-25(30)20-15-16-24(26-19-20)28(3)21-11-7-6-8-12-21/h6-16,19H,4-5,17-18H2,1-3H3,(H,27,30). The van der Waals surface area contributed by atoms with Crippen LogP contribution in [0.5, 0.6) is 5.75 Å². The number of benzene rings is 2. The minimum absolute atomic E-state index is 0.221. The molecule has 0 aliphatic heterocycles. The first-order chi connectivity index (χ1) is 15.1. The number of amides is 1. The van der Waals surface area contributed by atoms with Gasteiger partial charge in [-0.3, -0.25) is 4.79 Å². The predicted octanol–water partition coefficient (Wildman–Crippen LogP) is 4.82. The van der Waals surface area contributed by atoms with E-state index >= 15 is 0 Å². The summed E-state index contributed by atoms with van der Waals surface area (Å²) in [6, 6.07) is 21.1. The highest BCUT2D eigenvalue weighted by Gasteiger charge is 2.12. The molecule has 6 nitrogen and oxygen atoms in total. The van der Waals surface area contributed by atoms with Gasteiger partial charge in [-0.25, -0.2) is 4.98 Å². The van der Waals surface area contributed by atoms with Crippen LogP contribution >= 0.6 is 0 Å². The average molecular weight is 419 g/mol. The van der Waals surface area contributed by atoms with Crippen LogP contribution < -0.4 is 15.0 Å². The molecule has 0 bridgehead atoms. The number of para-hydroxylation sites is 3. The lowest BCUT2D eigenvalue weighted by Gasteiger charge is -2.19. The molecule has 0 fully saturated rings. The molecule has 0 saturated heterocycles. The molecule has 0 unspecified atom stereocenters. The van der Waals surface area contributed by atoms with E-state index in [1.54, 1.807) is 12.3 Å². The van der Waals surface area contributed by atoms with Crippen molar-refractivity contribution in [3.8, 4) is 5.75 Å². The van der Waals surface area contributed by atoms with Crippen molar-refractivity contribution in [1.29, 1.82) is 0 Å². The van der Waals surface area contributed by atoms with Gasteiger partial charge in [-0.15, -0.1) is 0 Å². The summed E-state index contributed by atoms with van der Waals surface area (Å²) in [6.45, 7) is 7.65. The number of aromatic nitrogens is 1. The van der Waals surface area contributed by atoms with Gasteiger partial charge in [0.1, 0.15) is 18.2 Å². The normalized spacial score (nSPS) is 10.7. The van der Waals surface area contributed by atoms with Gasteiger partial charge in [0.05, 0.1) is 11.3 Å². The number of hydrogen-bond donors (Lipinski definition) is 1. The van der Waals surface area contributed by atoms with Crippen LogP contribution in [0, 0.1) is 0 Å². The van der Waals surface area contributed by atoms with Gasteiger partial charge in [0, 0.05) is 25.5 Å². The van der Waals surface area contributed by atoms with Gasteiger partial charge >= 0.3 is 0 Å². The molecule has 3 aromatic rings. The number of ether oxygens (including phenoxy) is 1. The second kappa shape index (κ2) is 11.1. The summed E-state index contributed by atoms with van der Waals surface area (Å²) >= 11 is 0. The zero-order valence-electron chi connectivity index (χ0n) is 18.4. The van der Waals surface area contributed by atoms with Crippen LogP contribution in [0.25, 0.3) is 0 Å². The van der Waals surface area contributed by atoms with Crippen molar-refractivity contribution in [2.75, 3.05) is 43.5 Å². The Hall–Kier alpha value is -3.38. The number of carbonyl (C=O) groups excluding carboxylic acids is 1. The fourth-order valence-corrected chi connectivity index (χ4v) is 3.22. The number of hydrogen-bond acceptors (Lipinski definition) is 5. The number of rotatable bonds is 10. The summed E-state index contributed by atoms with van der Waals surface area (Å²) in [5.41, 5.74) is 2.17. The van der Waals surface area contributed by atoms with E-state index in [1.165, 1.54) is 0 Å². The van der Waals surface area contributed by atoms with E-state index in [2.05, 4.69) is 29.0 Å². The summed E-state index contributed by atoms with van der Waals surface area (Å²) in [5, 5.41) is 2.94. The highest BCUT2D eigenvalue weighted by Crippen LogP contribution is 2.25. The smallest absolute Gasteiger partial charge is 0.257 e. The fourth-order valence-electron chi connectivity index (χ4n) is 3.22. The number of pyridine rings is 1. The van der Waals surface area contributed by atoms with Gasteiger partial charge < -0.3 is 19.9 Å². The van der Waals surface area contributed by atoms with Gasteiger partial charge in [0.2, 0.25) is 0 Å². The van der Waals surface area contributed by atoms with Crippen molar-refractivity contribution in [3.63, 3.8) is 0 Å². The lowest BCUT2D eigenvalue weighted by molar-refractivity contribution is 0.102. The van der Waals surface area contributed by atoms with Crippen LogP contribution in [0.15, 0.2) is 72.9 Å². The minimum Gasteiger partial charge on any atom is -0.490 e. The third-order valence-electron chi connectivity index (χ3n) is 5.19. The molecule has 31 heavy (non-hydrogen) atoms. The van der Waals surface area contributed by atoms with Crippen molar-refractivity contribution in [2.24, 2.45) is 0 Å². The van der Waals surface area contributed by atoms with Crippen LogP contribution in [0.2, 0.25) is 0 Å². The van der Waals surface area contributed by atoms with Gasteiger partial charge in [-0.05, 0) is 49.5 Å². The topological polar surface area (TPSA) is 57.7 Å². The first kappa shape index (κ1) is 22.3. The molecule has 0 spiro atoms. The zero-order chi connectivity index (χ0) is 22.1. The summed E-state index contributed by atoms with van der Waals surface area (Å²) in [4.78, 5) is 21.5. The molecule has 1 heterocycles. The van der Waals surface area contributed by atoms with Gasteiger partial charge in [0.25, 0.3) is 5.91 Å². The Bertz CT molecular complexity index is 957. The molecule has 162 valence electrons. The van der Waals surface area contributed by atoms with Crippen molar-refractivity contribution >= 4 is 23.1 Å². The Balaban J connectivity index is 1.64. The third kappa shape index (κ3) is 6.06. The van der Waals surface area contributed by atoms with E-state index in [0.29, 0.717) is 23.6 Å². The number of anilines is 3. The van der Waals surface area contributed by atoms with Crippen LogP contribution in [-0.2, 0) is 0 Å². The molecule has 0 aliphatic carbocycles. The second-order valence-electron chi connectivity index (χ2n) is 7.13. The Kier molecular flexibility index (Phi) is 8.01. The van der Waals surface area contributed by atoms with E-state index in [1.807, 2.05) is 72.6 Å². The fraction of sp³-hybridized carbons (Fsp3) is 0.280. The van der Waals surface area contributed by atoms with E-state index in [-0.39, 0.29) is 5.91 Å². The predicted molar refractivity (Wildman–Crippen MR) is 126 cm³/mol. The molecule has 2 aromatic carbocycles. The molecule has 1 aromatic heterocycles. The highest BCUT2D eigenvalue weighted by molar-refractivity contribution is 6.04. The maximum atomic E-state index is 12.8. The Morgan fingerprint density at radius 1 is 0.968 bits per heavy atom. The lowest BCUT2D eigenvalue weighted by Crippen LogP contribution is -2.28. The molecule has 0 atom stereocenters. The molecule has 0 aliphatic rings. The molecular weight excluding hydrogens is 388 g/mol. The SMILES string of the molecule is CCN(CC)CCOc1ccccc1NC(=O)c1ccc(N(C)c2ccccc2)nc1. The van der Waals surface area contributed by atoms with E-state index in [0.717, 1.165) is 31.1 Å². The molecule has 1 amide bonds. The molecule has 0 radical (unpaired) electrons. The molecule has 0 saturated carbocycles. The average Bonchev–Trinajstić information content (AvgIpc) is 2.83. The van der Waals surface area contributed by atoms with Crippen LogP contribution in [-0.4, -0.2) is 49.1 Å². The monoisotopic (exact) mass is 418 g/mol. The first-order valence-electron chi connectivity index (χ1n) is 10.6. The van der Waals surface area contributed by atoms with E-state index in [9.17, 15) is 4.79 Å². The maximum Gasteiger partial charge on any atom is 0.257 e. The highest BCUT2D eigenvalue weighted by atomic mass is 16.5. The van der Waals surface area contributed by atoms with Crippen LogP contribution in [0.4, 0.5) is 17.2 Å². The zero-order valence-corrected chi connectivity index (χ0v) is 18.4. The molecule has 1 N–H and O–H groups in total. The number of nitrogens with zero attached hydrogens (tertiary/aromatic N) is 3. The summed E-state index contributed by atoms with van der Waals surface area (Å²) in [7, 11) is 1.95. The van der Waals surface area contributed by atoms with Crippen molar-refractivity contribution in [3.05, 3.63) is 78.5 Å². The largest absolute Gasteiger partial charge is 0.490 e. The van der Waals surface area contributed by atoms with Crippen molar-refractivity contribution in [1.82, 2.24) is 9.88 Å². The second-order valence-corrected chi connectivity index (χ2v) is 7.13. The quantitative estimate of drug-likeness (QED) is 0.511. The Morgan fingerprint density at radius 2 is 1.68 bits per heavy atom. The van der Waals surface area contributed by atoms with Gasteiger partial charge in [-0.1, -0.05) is 44.2 Å². The minimum atomic E-state index is -0.221. The molecule has 6 heteroatoms. The number of likely N-dealkylation sites (N-methyl/N-ethyl adjacent to an activating group) is 1. The molecular formula is C25H30N4O2. The lowest BCUT2D eigenvalue weighted by atomic mass is 10.2. The van der Waals surface area contributed by atoms with Gasteiger partial charge in [0.15, 0.2) is 0 Å². The summed E-state index contributed by atoms with van der Waals surface area (Å²) < 4.78 is 5.93. The Labute approximate surface area is 184 Å². The Morgan fingerprint density at radius 3 is 2.35 bits per heavy atom. The third-order valence-corrected chi connectivity index (χ3v) is 5.19.